The Morgan fingerprint density at radius 3 is 2.23 bits per heavy atom. The van der Waals surface area contributed by atoms with Crippen LogP contribution in [-0.2, 0) is 33.3 Å². The highest BCUT2D eigenvalue weighted by molar-refractivity contribution is 5.88. The van der Waals surface area contributed by atoms with Gasteiger partial charge in [-0.05, 0) is 101 Å². The van der Waals surface area contributed by atoms with E-state index in [9.17, 15) is 30.0 Å². The Balaban J connectivity index is 1.23. The van der Waals surface area contributed by atoms with Crippen molar-refractivity contribution in [3.63, 3.8) is 0 Å². The van der Waals surface area contributed by atoms with Crippen molar-refractivity contribution in [2.75, 3.05) is 0 Å². The fourth-order valence-corrected chi connectivity index (χ4v) is 9.10. The second-order valence-electron chi connectivity index (χ2n) is 17.7. The van der Waals surface area contributed by atoms with E-state index in [0.29, 0.717) is 44.9 Å². The number of aliphatic hydroxyl groups excluding tert-OH is 4. The van der Waals surface area contributed by atoms with Crippen LogP contribution < -0.4 is 0 Å². The first-order valence-corrected chi connectivity index (χ1v) is 20.9. The Kier molecular flexibility index (Phi) is 15.8. The molecule has 5 rings (SSSR count). The molecular weight excluding hydrogens is 680 g/mol. The summed E-state index contributed by atoms with van der Waals surface area (Å²) in [5.41, 5.74) is 0. The quantitative estimate of drug-likeness (QED) is 0.146. The van der Waals surface area contributed by atoms with Crippen molar-refractivity contribution in [1.82, 2.24) is 0 Å². The highest BCUT2D eigenvalue weighted by Crippen LogP contribution is 2.36. The molecule has 4 N–H and O–H groups in total. The minimum Gasteiger partial charge on any atom is -0.454 e. The first kappa shape index (κ1) is 42.7. The molecule has 18 unspecified atom stereocenters. The summed E-state index contributed by atoms with van der Waals surface area (Å²) in [7, 11) is 0. The number of Topliss-reactive ketones (excluding diaryl/α,β-unsaturated/α-hetero) is 1. The van der Waals surface area contributed by atoms with E-state index in [0.717, 1.165) is 32.1 Å². The van der Waals surface area contributed by atoms with E-state index in [1.54, 1.807) is 0 Å². The zero-order chi connectivity index (χ0) is 38.4. The zero-order valence-corrected chi connectivity index (χ0v) is 33.1. The number of fused-ring (bicyclic) bond motifs is 4. The van der Waals surface area contributed by atoms with Gasteiger partial charge in [0.2, 0.25) is 0 Å². The van der Waals surface area contributed by atoms with Crippen LogP contribution in [0.15, 0.2) is 12.2 Å². The molecule has 53 heavy (non-hydrogen) atoms. The number of aliphatic hydroxyl groups is 4. The van der Waals surface area contributed by atoms with Crippen LogP contribution in [0, 0.1) is 29.6 Å². The summed E-state index contributed by atoms with van der Waals surface area (Å²) < 4.78 is 30.4. The van der Waals surface area contributed by atoms with Gasteiger partial charge < -0.3 is 44.1 Å². The smallest absolute Gasteiger partial charge is 0.307 e. The molecule has 4 bridgehead atoms. The first-order valence-electron chi connectivity index (χ1n) is 20.9. The molecule has 11 nitrogen and oxygen atoms in total. The number of hydrogen-bond donors (Lipinski definition) is 4. The van der Waals surface area contributed by atoms with Gasteiger partial charge in [-0.15, -0.1) is 0 Å². The molecule has 0 spiro atoms. The van der Waals surface area contributed by atoms with Gasteiger partial charge in [-0.3, -0.25) is 9.59 Å². The summed E-state index contributed by atoms with van der Waals surface area (Å²) in [5.74, 6) is -1.47. The number of carbonyl (C=O) groups is 2. The molecule has 4 saturated heterocycles. The number of esters is 1. The molecule has 304 valence electrons. The maximum atomic E-state index is 14.2. The molecule has 0 aromatic rings. The number of rotatable bonds is 8. The predicted octanol–water partition coefficient (Wildman–Crippen LogP) is 5.21. The van der Waals surface area contributed by atoms with Crippen molar-refractivity contribution in [2.45, 2.75) is 211 Å². The number of allylic oxidation sites excluding steroid dienone is 2. The molecule has 0 radical (unpaired) electrons. The zero-order valence-electron chi connectivity index (χ0n) is 33.1. The van der Waals surface area contributed by atoms with Gasteiger partial charge in [0.1, 0.15) is 6.10 Å². The lowest BCUT2D eigenvalue weighted by atomic mass is 9.86. The second-order valence-corrected chi connectivity index (χ2v) is 17.7. The van der Waals surface area contributed by atoms with E-state index in [-0.39, 0.29) is 85.0 Å². The molecule has 0 amide bonds. The minimum atomic E-state index is -1.04. The number of ether oxygens (including phenoxy) is 5. The standard InChI is InChI=1S/C42H70O11/c1-23-10-11-24(2)19-39(46)53-38(20-26(4)40(47)37-17-13-29(50-37)12-15-32(43)42-28(6)49-42)41(48)27(5)35-16-14-30(51-35)21-31-22-34(45)36(52-31)9-7-8-25(3)33(44)18-23/h10-11,23-38,40,42-45,47H,7-9,12-22H2,1-6H3/b11-10+. The normalized spacial score (nSPS) is 44.6. The van der Waals surface area contributed by atoms with Crippen LogP contribution in [0.3, 0.4) is 0 Å². The van der Waals surface area contributed by atoms with Gasteiger partial charge in [-0.1, -0.05) is 53.2 Å². The lowest BCUT2D eigenvalue weighted by Crippen LogP contribution is -2.41. The van der Waals surface area contributed by atoms with E-state index in [1.165, 1.54) is 0 Å². The predicted molar refractivity (Wildman–Crippen MR) is 199 cm³/mol. The minimum absolute atomic E-state index is 0.0618. The van der Waals surface area contributed by atoms with Gasteiger partial charge in [-0.25, -0.2) is 0 Å². The summed E-state index contributed by atoms with van der Waals surface area (Å²) in [5, 5.41) is 43.5. The monoisotopic (exact) mass is 750 g/mol. The fraction of sp³-hybridized carbons (Fsp3) is 0.905. The number of cyclic esters (lactones) is 1. The third kappa shape index (κ3) is 12.3. The molecule has 0 aromatic carbocycles. The molecule has 5 aliphatic rings. The lowest BCUT2D eigenvalue weighted by molar-refractivity contribution is -0.161. The van der Waals surface area contributed by atoms with Crippen LogP contribution in [-0.4, -0.2) is 112 Å². The third-order valence-corrected chi connectivity index (χ3v) is 12.9. The van der Waals surface area contributed by atoms with Crippen molar-refractivity contribution in [1.29, 1.82) is 0 Å². The summed E-state index contributed by atoms with van der Waals surface area (Å²) in [6.45, 7) is 11.7. The maximum absolute atomic E-state index is 14.2. The van der Waals surface area contributed by atoms with Crippen molar-refractivity contribution < 1.29 is 53.7 Å². The SMILES string of the molecule is CC1/C=C/C(C)CC(O)C(C)CCCC2OC(CC3CCC(O3)C(C)C(=O)C(CC(C)C(O)C3CCC(CCC(O)C4OC4C)O3)OC(=O)C1)CC2O. The number of carbonyl (C=O) groups excluding carboxylic acids is 2. The molecule has 11 heteroatoms. The Morgan fingerprint density at radius 2 is 1.49 bits per heavy atom. The van der Waals surface area contributed by atoms with Crippen LogP contribution in [0.2, 0.25) is 0 Å². The van der Waals surface area contributed by atoms with Gasteiger partial charge in [0.15, 0.2) is 11.9 Å². The van der Waals surface area contributed by atoms with E-state index < -0.39 is 48.5 Å². The molecule has 5 aliphatic heterocycles. The van der Waals surface area contributed by atoms with Crippen LogP contribution in [0.4, 0.5) is 0 Å². The van der Waals surface area contributed by atoms with Crippen molar-refractivity contribution >= 4 is 11.8 Å². The van der Waals surface area contributed by atoms with Gasteiger partial charge in [0.25, 0.3) is 0 Å². The van der Waals surface area contributed by atoms with E-state index in [2.05, 4.69) is 13.8 Å². The number of hydrogen-bond acceptors (Lipinski definition) is 11. The third-order valence-electron chi connectivity index (χ3n) is 12.9. The Morgan fingerprint density at radius 1 is 0.774 bits per heavy atom. The average molecular weight is 751 g/mol. The van der Waals surface area contributed by atoms with Crippen molar-refractivity contribution in [2.24, 2.45) is 29.6 Å². The molecule has 18 atom stereocenters. The summed E-state index contributed by atoms with van der Waals surface area (Å²) in [6, 6.07) is 0. The Labute approximate surface area is 317 Å². The van der Waals surface area contributed by atoms with Crippen LogP contribution in [0.1, 0.15) is 131 Å². The van der Waals surface area contributed by atoms with E-state index >= 15 is 0 Å². The van der Waals surface area contributed by atoms with Crippen molar-refractivity contribution in [3.05, 3.63) is 12.2 Å². The molecule has 5 heterocycles. The van der Waals surface area contributed by atoms with Gasteiger partial charge >= 0.3 is 5.97 Å². The molecule has 0 aromatic heterocycles. The second kappa shape index (κ2) is 19.6. The number of epoxide rings is 1. The Hall–Kier alpha value is -1.44. The summed E-state index contributed by atoms with van der Waals surface area (Å²) >= 11 is 0. The van der Waals surface area contributed by atoms with Crippen LogP contribution in [0.25, 0.3) is 0 Å². The maximum Gasteiger partial charge on any atom is 0.307 e. The largest absolute Gasteiger partial charge is 0.454 e. The molecule has 0 saturated carbocycles. The van der Waals surface area contributed by atoms with Crippen LogP contribution >= 0.6 is 0 Å². The lowest BCUT2D eigenvalue weighted by Gasteiger charge is -2.30. The highest BCUT2D eigenvalue weighted by Gasteiger charge is 2.43. The first-order chi connectivity index (χ1) is 25.2. The highest BCUT2D eigenvalue weighted by atomic mass is 16.6. The Bertz CT molecular complexity index is 1200. The fourth-order valence-electron chi connectivity index (χ4n) is 9.10. The molecular formula is C42H70O11. The summed E-state index contributed by atoms with van der Waals surface area (Å²) in [6.07, 6.45) is 8.17. The molecule has 0 aliphatic carbocycles. The van der Waals surface area contributed by atoms with Gasteiger partial charge in [0.05, 0.1) is 73.6 Å². The summed E-state index contributed by atoms with van der Waals surface area (Å²) in [4.78, 5) is 27.6. The topological polar surface area (TPSA) is 165 Å². The van der Waals surface area contributed by atoms with Gasteiger partial charge in [0, 0.05) is 12.3 Å². The average Bonchev–Trinajstić information content (AvgIpc) is 3.43. The number of ketones is 1. The van der Waals surface area contributed by atoms with Crippen LogP contribution in [0.5, 0.6) is 0 Å². The van der Waals surface area contributed by atoms with Crippen molar-refractivity contribution in [3.8, 4) is 0 Å². The van der Waals surface area contributed by atoms with E-state index in [4.69, 9.17) is 23.7 Å². The molecule has 4 fully saturated rings. The van der Waals surface area contributed by atoms with Gasteiger partial charge in [-0.2, -0.15) is 0 Å². The van der Waals surface area contributed by atoms with E-state index in [1.807, 2.05) is 39.8 Å².